The quantitative estimate of drug-likeness (QED) is 0.626. The lowest BCUT2D eigenvalue weighted by molar-refractivity contribution is -0.118. The first kappa shape index (κ1) is 10.5. The summed E-state index contributed by atoms with van der Waals surface area (Å²) in [5, 5.41) is 3.42. The molecule has 4 heteroatoms. The number of primary amides is 1. The molecule has 4 nitrogen and oxygen atoms in total. The maximum atomic E-state index is 10.6. The summed E-state index contributed by atoms with van der Waals surface area (Å²) in [4.78, 5) is 12.9. The van der Waals surface area contributed by atoms with E-state index in [4.69, 9.17) is 5.73 Å². The Hall–Kier alpha value is -0.610. The van der Waals surface area contributed by atoms with E-state index in [1.54, 1.807) is 0 Å². The Bertz CT molecular complexity index is 191. The van der Waals surface area contributed by atoms with Gasteiger partial charge in [0.1, 0.15) is 0 Å². The lowest BCUT2D eigenvalue weighted by Crippen LogP contribution is -2.57. The fourth-order valence-corrected chi connectivity index (χ4v) is 1.71. The van der Waals surface area contributed by atoms with Crippen LogP contribution in [-0.2, 0) is 4.79 Å². The Kier molecular flexibility index (Phi) is 3.27. The Morgan fingerprint density at radius 1 is 1.62 bits per heavy atom. The van der Waals surface area contributed by atoms with Crippen molar-refractivity contribution in [2.45, 2.75) is 25.8 Å². The molecule has 1 amide bonds. The normalized spacial score (nSPS) is 22.9. The van der Waals surface area contributed by atoms with Gasteiger partial charge in [0.05, 0.1) is 0 Å². The van der Waals surface area contributed by atoms with Crippen molar-refractivity contribution in [3.63, 3.8) is 0 Å². The maximum Gasteiger partial charge on any atom is 0.218 e. The lowest BCUT2D eigenvalue weighted by Gasteiger charge is -2.38. The highest BCUT2D eigenvalue weighted by Crippen LogP contribution is 2.09. The SMILES string of the molecule is CC1(C)CN(CCC(N)=O)CCN1. The van der Waals surface area contributed by atoms with E-state index in [1.807, 2.05) is 0 Å². The minimum absolute atomic E-state index is 0.163. The van der Waals surface area contributed by atoms with Gasteiger partial charge in [-0.05, 0) is 13.8 Å². The van der Waals surface area contributed by atoms with Crippen LogP contribution in [0.25, 0.3) is 0 Å². The fraction of sp³-hybridized carbons (Fsp3) is 0.889. The molecule has 0 radical (unpaired) electrons. The van der Waals surface area contributed by atoms with Crippen LogP contribution >= 0.6 is 0 Å². The summed E-state index contributed by atoms with van der Waals surface area (Å²) >= 11 is 0. The molecule has 1 heterocycles. The molecule has 0 aliphatic carbocycles. The summed E-state index contributed by atoms with van der Waals surface area (Å²) < 4.78 is 0. The van der Waals surface area contributed by atoms with Crippen LogP contribution in [-0.4, -0.2) is 42.5 Å². The van der Waals surface area contributed by atoms with Crippen molar-refractivity contribution < 1.29 is 4.79 Å². The molecule has 0 aromatic heterocycles. The predicted octanol–water partition coefficient (Wildman–Crippen LogP) is -0.454. The van der Waals surface area contributed by atoms with Gasteiger partial charge in [-0.25, -0.2) is 0 Å². The first-order chi connectivity index (χ1) is 5.99. The molecule has 13 heavy (non-hydrogen) atoms. The third kappa shape index (κ3) is 3.74. The fourth-order valence-electron chi connectivity index (χ4n) is 1.71. The molecular weight excluding hydrogens is 166 g/mol. The molecule has 3 N–H and O–H groups in total. The average molecular weight is 185 g/mol. The van der Waals surface area contributed by atoms with E-state index in [1.165, 1.54) is 0 Å². The summed E-state index contributed by atoms with van der Waals surface area (Å²) in [7, 11) is 0. The zero-order valence-electron chi connectivity index (χ0n) is 8.47. The first-order valence-electron chi connectivity index (χ1n) is 4.75. The van der Waals surface area contributed by atoms with Crippen molar-refractivity contribution in [3.05, 3.63) is 0 Å². The number of nitrogens with two attached hydrogens (primary N) is 1. The number of nitrogens with zero attached hydrogens (tertiary/aromatic N) is 1. The van der Waals surface area contributed by atoms with Gasteiger partial charge in [0.2, 0.25) is 5.91 Å². The van der Waals surface area contributed by atoms with Crippen molar-refractivity contribution in [2.75, 3.05) is 26.2 Å². The Balaban J connectivity index is 2.30. The summed E-state index contributed by atoms with van der Waals surface area (Å²) in [6.07, 6.45) is 0.468. The molecule has 1 saturated heterocycles. The molecule has 76 valence electrons. The Labute approximate surface area is 79.5 Å². The second-order valence-corrected chi connectivity index (χ2v) is 4.30. The zero-order valence-corrected chi connectivity index (χ0v) is 8.47. The number of hydrogen-bond donors (Lipinski definition) is 2. The highest BCUT2D eigenvalue weighted by Gasteiger charge is 2.25. The summed E-state index contributed by atoms with van der Waals surface area (Å²) in [6, 6.07) is 0. The van der Waals surface area contributed by atoms with Gasteiger partial charge in [0.15, 0.2) is 0 Å². The van der Waals surface area contributed by atoms with E-state index < -0.39 is 0 Å². The summed E-state index contributed by atoms with van der Waals surface area (Å²) in [6.45, 7) is 8.12. The van der Waals surface area contributed by atoms with Gasteiger partial charge in [-0.15, -0.1) is 0 Å². The van der Waals surface area contributed by atoms with Crippen molar-refractivity contribution >= 4 is 5.91 Å². The number of carbonyl (C=O) groups is 1. The molecule has 0 saturated carbocycles. The molecule has 1 aliphatic heterocycles. The van der Waals surface area contributed by atoms with E-state index >= 15 is 0 Å². The van der Waals surface area contributed by atoms with Crippen molar-refractivity contribution in [1.29, 1.82) is 0 Å². The lowest BCUT2D eigenvalue weighted by atomic mass is 10.0. The molecule has 1 fully saturated rings. The van der Waals surface area contributed by atoms with Gasteiger partial charge < -0.3 is 11.1 Å². The number of amides is 1. The van der Waals surface area contributed by atoms with Gasteiger partial charge in [-0.3, -0.25) is 9.69 Å². The number of piperazine rings is 1. The number of nitrogens with one attached hydrogen (secondary N) is 1. The third-order valence-electron chi connectivity index (χ3n) is 2.32. The molecule has 1 aliphatic rings. The topological polar surface area (TPSA) is 58.4 Å². The number of rotatable bonds is 3. The molecule has 0 aromatic rings. The van der Waals surface area contributed by atoms with Gasteiger partial charge >= 0.3 is 0 Å². The van der Waals surface area contributed by atoms with Gasteiger partial charge in [0, 0.05) is 38.1 Å². The van der Waals surface area contributed by atoms with Gasteiger partial charge in [0.25, 0.3) is 0 Å². The molecule has 0 bridgehead atoms. The average Bonchev–Trinajstić information content (AvgIpc) is 1.99. The molecular formula is C9H19N3O. The number of carbonyl (C=O) groups excluding carboxylic acids is 1. The maximum absolute atomic E-state index is 10.6. The molecule has 0 aromatic carbocycles. The van der Waals surface area contributed by atoms with E-state index in [2.05, 4.69) is 24.1 Å². The van der Waals surface area contributed by atoms with E-state index in [0.717, 1.165) is 26.2 Å². The van der Waals surface area contributed by atoms with Crippen LogP contribution in [0.3, 0.4) is 0 Å². The summed E-state index contributed by atoms with van der Waals surface area (Å²) in [5.41, 5.74) is 5.26. The van der Waals surface area contributed by atoms with Crippen LogP contribution < -0.4 is 11.1 Å². The standard InChI is InChI=1S/C9H19N3O/c1-9(2)7-12(6-4-11-9)5-3-8(10)13/h11H,3-7H2,1-2H3,(H2,10,13). The highest BCUT2D eigenvalue weighted by atomic mass is 16.1. The van der Waals surface area contributed by atoms with Gasteiger partial charge in [-0.2, -0.15) is 0 Å². The second-order valence-electron chi connectivity index (χ2n) is 4.30. The van der Waals surface area contributed by atoms with Crippen molar-refractivity contribution in [2.24, 2.45) is 5.73 Å². The zero-order chi connectivity index (χ0) is 9.90. The Morgan fingerprint density at radius 3 is 2.85 bits per heavy atom. The van der Waals surface area contributed by atoms with E-state index in [0.29, 0.717) is 6.42 Å². The highest BCUT2D eigenvalue weighted by molar-refractivity contribution is 5.73. The van der Waals surface area contributed by atoms with Crippen molar-refractivity contribution in [1.82, 2.24) is 10.2 Å². The van der Waals surface area contributed by atoms with Crippen LogP contribution in [0.5, 0.6) is 0 Å². The molecule has 0 spiro atoms. The smallest absolute Gasteiger partial charge is 0.218 e. The largest absolute Gasteiger partial charge is 0.370 e. The molecule has 1 rings (SSSR count). The van der Waals surface area contributed by atoms with Crippen LogP contribution in [0.15, 0.2) is 0 Å². The van der Waals surface area contributed by atoms with Gasteiger partial charge in [-0.1, -0.05) is 0 Å². The van der Waals surface area contributed by atoms with Crippen LogP contribution in [0.1, 0.15) is 20.3 Å². The molecule has 0 unspecified atom stereocenters. The van der Waals surface area contributed by atoms with E-state index in [-0.39, 0.29) is 11.4 Å². The second kappa shape index (κ2) is 4.07. The molecule has 0 atom stereocenters. The first-order valence-corrected chi connectivity index (χ1v) is 4.75. The monoisotopic (exact) mass is 185 g/mol. The predicted molar refractivity (Wildman–Crippen MR) is 52.3 cm³/mol. The summed E-state index contributed by atoms with van der Waals surface area (Å²) in [5.74, 6) is -0.212. The third-order valence-corrected chi connectivity index (χ3v) is 2.32. The van der Waals surface area contributed by atoms with Crippen LogP contribution in [0.2, 0.25) is 0 Å². The Morgan fingerprint density at radius 2 is 2.31 bits per heavy atom. The number of hydrogen-bond acceptors (Lipinski definition) is 3. The minimum atomic E-state index is -0.212. The van der Waals surface area contributed by atoms with Crippen LogP contribution in [0.4, 0.5) is 0 Å². The van der Waals surface area contributed by atoms with Crippen LogP contribution in [0, 0.1) is 0 Å². The van der Waals surface area contributed by atoms with Crippen molar-refractivity contribution in [3.8, 4) is 0 Å². The minimum Gasteiger partial charge on any atom is -0.370 e. The van der Waals surface area contributed by atoms with E-state index in [9.17, 15) is 4.79 Å².